The van der Waals surface area contributed by atoms with E-state index < -0.39 is 0 Å². The van der Waals surface area contributed by atoms with Crippen molar-refractivity contribution in [2.24, 2.45) is 0 Å². The molecule has 5 nitrogen and oxygen atoms in total. The van der Waals surface area contributed by atoms with Gasteiger partial charge in [-0.1, -0.05) is 59.3 Å². The van der Waals surface area contributed by atoms with Crippen LogP contribution in [-0.4, -0.2) is 22.7 Å². The van der Waals surface area contributed by atoms with Gasteiger partial charge in [0.1, 0.15) is 10.8 Å². The van der Waals surface area contributed by atoms with E-state index in [4.69, 9.17) is 16.3 Å². The van der Waals surface area contributed by atoms with Crippen molar-refractivity contribution in [1.29, 1.82) is 0 Å². The zero-order chi connectivity index (χ0) is 18.9. The number of halogens is 1. The van der Waals surface area contributed by atoms with Crippen LogP contribution in [0.2, 0.25) is 5.02 Å². The number of hydrogen-bond acceptors (Lipinski definition) is 5. The number of hydrogen-bond donors (Lipinski definition) is 1. The van der Waals surface area contributed by atoms with Gasteiger partial charge in [0.05, 0.1) is 6.61 Å². The monoisotopic (exact) mass is 399 g/mol. The third-order valence-corrected chi connectivity index (χ3v) is 4.81. The minimum absolute atomic E-state index is 0.273. The summed E-state index contributed by atoms with van der Waals surface area (Å²) in [6.07, 6.45) is 4.66. The van der Waals surface area contributed by atoms with Gasteiger partial charge in [-0.25, -0.2) is 0 Å². The third kappa shape index (κ3) is 6.20. The van der Waals surface area contributed by atoms with Crippen LogP contribution in [0, 0.1) is 0 Å². The van der Waals surface area contributed by atoms with Crippen LogP contribution in [0.25, 0.3) is 6.08 Å². The van der Waals surface area contributed by atoms with Gasteiger partial charge in [-0.3, -0.25) is 10.1 Å². The first-order valence-electron chi connectivity index (χ1n) is 8.44. The average molecular weight is 400 g/mol. The van der Waals surface area contributed by atoms with Gasteiger partial charge in [0.15, 0.2) is 0 Å². The first kappa shape index (κ1) is 19.1. The van der Waals surface area contributed by atoms with E-state index in [0.717, 1.165) is 29.2 Å². The molecule has 0 saturated carbocycles. The molecule has 1 aromatic heterocycles. The highest BCUT2D eigenvalue weighted by Gasteiger charge is 2.06. The summed E-state index contributed by atoms with van der Waals surface area (Å²) < 4.78 is 5.65. The lowest BCUT2D eigenvalue weighted by Crippen LogP contribution is -2.07. The van der Waals surface area contributed by atoms with E-state index in [1.54, 1.807) is 12.1 Å². The second-order valence-electron chi connectivity index (χ2n) is 5.61. The van der Waals surface area contributed by atoms with E-state index in [2.05, 4.69) is 15.5 Å². The number of aryl methyl sites for hydroxylation is 1. The Labute approximate surface area is 166 Å². The molecule has 138 valence electrons. The van der Waals surface area contributed by atoms with E-state index in [0.29, 0.717) is 16.8 Å². The van der Waals surface area contributed by atoms with E-state index in [1.165, 1.54) is 17.4 Å². The topological polar surface area (TPSA) is 64.1 Å². The lowest BCUT2D eigenvalue weighted by Gasteiger charge is -2.04. The molecule has 3 rings (SSSR count). The van der Waals surface area contributed by atoms with E-state index >= 15 is 0 Å². The van der Waals surface area contributed by atoms with Gasteiger partial charge in [-0.2, -0.15) is 0 Å². The molecule has 27 heavy (non-hydrogen) atoms. The van der Waals surface area contributed by atoms with E-state index in [-0.39, 0.29) is 5.91 Å². The van der Waals surface area contributed by atoms with Crippen LogP contribution in [0.4, 0.5) is 5.13 Å². The number of rotatable bonds is 8. The number of nitrogens with zero attached hydrogens (tertiary/aromatic N) is 2. The highest BCUT2D eigenvalue weighted by Crippen LogP contribution is 2.18. The second-order valence-corrected chi connectivity index (χ2v) is 7.08. The molecule has 3 aromatic rings. The van der Waals surface area contributed by atoms with E-state index in [9.17, 15) is 4.79 Å². The molecule has 2 aromatic carbocycles. The maximum absolute atomic E-state index is 12.0. The zero-order valence-electron chi connectivity index (χ0n) is 14.5. The van der Waals surface area contributed by atoms with Gasteiger partial charge in [0.25, 0.3) is 0 Å². The smallest absolute Gasteiger partial charge is 0.250 e. The predicted octanol–water partition coefficient (Wildman–Crippen LogP) is 4.86. The molecule has 7 heteroatoms. The first-order valence-corrected chi connectivity index (χ1v) is 9.64. The maximum Gasteiger partial charge on any atom is 0.250 e. The summed E-state index contributed by atoms with van der Waals surface area (Å²) in [6, 6.07) is 17.0. The highest BCUT2D eigenvalue weighted by molar-refractivity contribution is 7.15. The molecular weight excluding hydrogens is 382 g/mol. The van der Waals surface area contributed by atoms with Gasteiger partial charge in [-0.15, -0.1) is 10.2 Å². The minimum Gasteiger partial charge on any atom is -0.494 e. The number of carbonyl (C=O) groups is 1. The first-order chi connectivity index (χ1) is 13.2. The molecule has 0 bridgehead atoms. The SMILES string of the molecule is O=C(/C=C/c1ccccc1Cl)Nc1nnc(CCCOc2ccccc2)s1. The Morgan fingerprint density at radius 1 is 1.11 bits per heavy atom. The summed E-state index contributed by atoms with van der Waals surface area (Å²) in [7, 11) is 0. The van der Waals surface area contributed by atoms with Crippen LogP contribution < -0.4 is 10.1 Å². The summed E-state index contributed by atoms with van der Waals surface area (Å²) >= 11 is 7.42. The lowest BCUT2D eigenvalue weighted by atomic mass is 10.2. The predicted molar refractivity (Wildman–Crippen MR) is 109 cm³/mol. The Hall–Kier alpha value is -2.70. The van der Waals surface area contributed by atoms with Gasteiger partial charge in [-0.05, 0) is 36.3 Å². The summed E-state index contributed by atoms with van der Waals surface area (Å²) in [5.74, 6) is 0.582. The molecule has 0 saturated heterocycles. The van der Waals surface area contributed by atoms with Crippen molar-refractivity contribution in [2.45, 2.75) is 12.8 Å². The molecule has 0 aliphatic heterocycles. The van der Waals surface area contributed by atoms with Crippen molar-refractivity contribution in [1.82, 2.24) is 10.2 Å². The second kappa shape index (κ2) is 9.85. The van der Waals surface area contributed by atoms with Gasteiger partial charge in [0, 0.05) is 17.5 Å². The maximum atomic E-state index is 12.0. The Balaban J connectivity index is 1.43. The standard InChI is InChI=1S/C20H18ClN3O2S/c21-17-10-5-4-7-15(17)12-13-18(25)22-20-24-23-19(27-20)11-6-14-26-16-8-2-1-3-9-16/h1-5,7-10,12-13H,6,11,14H2,(H,22,24,25)/b13-12+. The van der Waals surface area contributed by atoms with Crippen LogP contribution >= 0.6 is 22.9 Å². The molecular formula is C20H18ClN3O2S. The van der Waals surface area contributed by atoms with Crippen molar-refractivity contribution in [3.05, 3.63) is 76.3 Å². The Morgan fingerprint density at radius 2 is 1.89 bits per heavy atom. The van der Waals surface area contributed by atoms with Crippen molar-refractivity contribution < 1.29 is 9.53 Å². The zero-order valence-corrected chi connectivity index (χ0v) is 16.0. The van der Waals surface area contributed by atoms with Crippen molar-refractivity contribution in [3.8, 4) is 5.75 Å². The molecule has 1 heterocycles. The minimum atomic E-state index is -0.273. The van der Waals surface area contributed by atoms with Crippen LogP contribution in [-0.2, 0) is 11.2 Å². The fourth-order valence-corrected chi connectivity index (χ4v) is 3.24. The number of para-hydroxylation sites is 1. The summed E-state index contributed by atoms with van der Waals surface area (Å²) in [5.41, 5.74) is 0.783. The summed E-state index contributed by atoms with van der Waals surface area (Å²) in [4.78, 5) is 12.0. The molecule has 0 aliphatic carbocycles. The van der Waals surface area contributed by atoms with Crippen molar-refractivity contribution >= 4 is 40.1 Å². The normalized spacial score (nSPS) is 10.9. The summed E-state index contributed by atoms with van der Waals surface area (Å²) in [5, 5.41) is 12.7. The third-order valence-electron chi connectivity index (χ3n) is 3.56. The molecule has 1 amide bonds. The van der Waals surface area contributed by atoms with Crippen LogP contribution in [0.1, 0.15) is 17.0 Å². The highest BCUT2D eigenvalue weighted by atomic mass is 35.5. The van der Waals surface area contributed by atoms with Gasteiger partial charge >= 0.3 is 0 Å². The summed E-state index contributed by atoms with van der Waals surface area (Å²) in [6.45, 7) is 0.603. The lowest BCUT2D eigenvalue weighted by molar-refractivity contribution is -0.111. The number of benzene rings is 2. The number of ether oxygens (including phenoxy) is 1. The molecule has 0 unspecified atom stereocenters. The molecule has 1 N–H and O–H groups in total. The van der Waals surface area contributed by atoms with Gasteiger partial charge < -0.3 is 4.74 Å². The molecule has 0 spiro atoms. The Bertz CT molecular complexity index is 912. The number of nitrogens with one attached hydrogen (secondary N) is 1. The van der Waals surface area contributed by atoms with Crippen LogP contribution in [0.5, 0.6) is 5.75 Å². The van der Waals surface area contributed by atoms with Crippen molar-refractivity contribution in [3.63, 3.8) is 0 Å². The largest absolute Gasteiger partial charge is 0.494 e. The average Bonchev–Trinajstić information content (AvgIpc) is 3.12. The van der Waals surface area contributed by atoms with E-state index in [1.807, 2.05) is 48.5 Å². The van der Waals surface area contributed by atoms with Crippen molar-refractivity contribution in [2.75, 3.05) is 11.9 Å². The molecule has 0 fully saturated rings. The molecule has 0 atom stereocenters. The number of aromatic nitrogens is 2. The van der Waals surface area contributed by atoms with Crippen LogP contribution in [0.15, 0.2) is 60.7 Å². The number of carbonyl (C=O) groups excluding carboxylic acids is 1. The Morgan fingerprint density at radius 3 is 2.70 bits per heavy atom. The quantitative estimate of drug-likeness (QED) is 0.434. The number of anilines is 1. The van der Waals surface area contributed by atoms with Gasteiger partial charge in [0.2, 0.25) is 11.0 Å². The Kier molecular flexibility index (Phi) is 6.96. The fourth-order valence-electron chi connectivity index (χ4n) is 2.26. The number of amides is 1. The molecule has 0 aliphatic rings. The molecule has 0 radical (unpaired) electrons. The fraction of sp³-hybridized carbons (Fsp3) is 0.150. The van der Waals surface area contributed by atoms with Crippen LogP contribution in [0.3, 0.4) is 0 Å².